The summed E-state index contributed by atoms with van der Waals surface area (Å²) < 4.78 is 64.0. The average molecular weight is 651 g/mol. The molecule has 3 fully saturated rings. The number of rotatable bonds is 3. The van der Waals surface area contributed by atoms with Crippen LogP contribution in [-0.4, -0.2) is 90.0 Å². The number of methoxy groups -OCH3 is 1. The number of aliphatic hydroxyl groups is 1. The highest BCUT2D eigenvalue weighted by Crippen LogP contribution is 2.47. The number of nitrogen functional groups attached to an aromatic ring is 2. The Bertz CT molecular complexity index is 1820. The third-order valence-electron chi connectivity index (χ3n) is 8.07. The van der Waals surface area contributed by atoms with Crippen LogP contribution < -0.4 is 17.0 Å². The summed E-state index contributed by atoms with van der Waals surface area (Å²) >= 11 is 0. The fourth-order valence-corrected chi connectivity index (χ4v) is 7.69. The van der Waals surface area contributed by atoms with Crippen molar-refractivity contribution in [1.82, 2.24) is 34.1 Å². The van der Waals surface area contributed by atoms with Crippen LogP contribution in [0.1, 0.15) is 18.7 Å². The van der Waals surface area contributed by atoms with Gasteiger partial charge in [0.15, 0.2) is 23.5 Å². The molecule has 7 rings (SSSR count). The van der Waals surface area contributed by atoms with Crippen molar-refractivity contribution in [2.45, 2.75) is 49.2 Å². The first-order chi connectivity index (χ1) is 21.2. The van der Waals surface area contributed by atoms with Gasteiger partial charge in [0, 0.05) is 28.4 Å². The van der Waals surface area contributed by atoms with Gasteiger partial charge in [-0.3, -0.25) is 14.3 Å². The fraction of sp³-hybridized carbons (Fsp3) is 0.522. The Morgan fingerprint density at radius 1 is 1.07 bits per heavy atom. The van der Waals surface area contributed by atoms with E-state index in [1.165, 1.54) is 24.3 Å². The maximum absolute atomic E-state index is 13.2. The minimum atomic E-state index is -2.79. The molecule has 2 bridgehead atoms. The summed E-state index contributed by atoms with van der Waals surface area (Å²) in [5.74, 6) is -0.436. The molecule has 44 heavy (non-hydrogen) atoms. The number of nitrogens with one attached hydrogen (secondary N) is 1. The van der Waals surface area contributed by atoms with Crippen molar-refractivity contribution >= 4 is 50.5 Å². The molecule has 4 aromatic rings. The first-order valence-electron chi connectivity index (χ1n) is 13.4. The Balaban J connectivity index is 1.17. The lowest BCUT2D eigenvalue weighted by Crippen LogP contribution is -2.36. The second-order valence-electron chi connectivity index (χ2n) is 10.5. The third kappa shape index (κ3) is 4.95. The minimum Gasteiger partial charge on any atom is -0.388 e. The lowest BCUT2D eigenvalue weighted by Gasteiger charge is -2.19. The molecule has 3 aliphatic rings. The first-order valence-corrected chi connectivity index (χ1v) is 15.6. The van der Waals surface area contributed by atoms with Crippen LogP contribution in [0.2, 0.25) is 0 Å². The van der Waals surface area contributed by atoms with Crippen molar-refractivity contribution in [3.63, 3.8) is 0 Å². The van der Waals surface area contributed by atoms with Gasteiger partial charge in [0.25, 0.3) is 5.56 Å². The first kappa shape index (κ1) is 29.2. The summed E-state index contributed by atoms with van der Waals surface area (Å²) in [6.07, 6.45) is -1.50. The number of H-pyrrole nitrogens is 1. The number of ether oxygens (including phenoxy) is 2. The van der Waals surface area contributed by atoms with Crippen molar-refractivity contribution < 1.29 is 41.8 Å². The smallest absolute Gasteiger partial charge is 0.388 e. The van der Waals surface area contributed by atoms with Gasteiger partial charge in [0.05, 0.1) is 17.8 Å². The lowest BCUT2D eigenvalue weighted by atomic mass is 10.1. The maximum Gasteiger partial charge on any atom is 0.697 e. The SMILES string of the molecule is CO[C@H]1[C@H]2O[P+](=O)OC[C@H]3C[C@@H](n4ccc5c(N)ncnc54)[C@H](O)[C@@H]3O[P+](=O)OC[C@H]1O[C@H]2n1cnc2c(=O)[nH]c(N)nc21. The van der Waals surface area contributed by atoms with Crippen LogP contribution >= 0.6 is 16.5 Å². The van der Waals surface area contributed by atoms with E-state index in [1.807, 2.05) is 0 Å². The lowest BCUT2D eigenvalue weighted by molar-refractivity contribution is -0.0535. The number of aromatic amines is 1. The highest BCUT2D eigenvalue weighted by molar-refractivity contribution is 7.33. The Morgan fingerprint density at radius 3 is 2.64 bits per heavy atom. The van der Waals surface area contributed by atoms with Crippen molar-refractivity contribution in [3.8, 4) is 0 Å². The second-order valence-corrected chi connectivity index (χ2v) is 12.3. The van der Waals surface area contributed by atoms with Gasteiger partial charge >= 0.3 is 16.5 Å². The van der Waals surface area contributed by atoms with E-state index in [2.05, 4.69) is 24.9 Å². The van der Waals surface area contributed by atoms with E-state index in [1.54, 1.807) is 16.8 Å². The molecule has 0 radical (unpaired) electrons. The van der Waals surface area contributed by atoms with E-state index in [-0.39, 0.29) is 42.6 Å². The zero-order valence-corrected chi connectivity index (χ0v) is 24.7. The van der Waals surface area contributed by atoms with Crippen molar-refractivity contribution in [3.05, 3.63) is 35.3 Å². The van der Waals surface area contributed by atoms with E-state index in [9.17, 15) is 19.0 Å². The monoisotopic (exact) mass is 651 g/mol. The van der Waals surface area contributed by atoms with Crippen LogP contribution in [0.5, 0.6) is 0 Å². The normalized spacial score (nSPS) is 33.2. The molecular weight excluding hydrogens is 624 g/mol. The maximum atomic E-state index is 13.2. The Hall–Kier alpha value is -3.51. The van der Waals surface area contributed by atoms with Crippen LogP contribution in [0.25, 0.3) is 22.2 Å². The van der Waals surface area contributed by atoms with Crippen molar-refractivity contribution in [1.29, 1.82) is 0 Å². The molecular formula is C23H27N9O10P2+2. The molecule has 2 saturated heterocycles. The number of hydrogen-bond acceptors (Lipinski definition) is 16. The fourth-order valence-electron chi connectivity index (χ4n) is 6.07. The van der Waals surface area contributed by atoms with Gasteiger partial charge in [-0.05, 0) is 12.5 Å². The molecule has 232 valence electrons. The van der Waals surface area contributed by atoms with E-state index >= 15 is 0 Å². The topological polar surface area (TPSA) is 256 Å². The molecule has 19 nitrogen and oxygen atoms in total. The summed E-state index contributed by atoms with van der Waals surface area (Å²) in [4.78, 5) is 31.3. The molecule has 2 unspecified atom stereocenters. The molecule has 6 N–H and O–H groups in total. The number of hydrogen-bond donors (Lipinski definition) is 4. The standard InChI is InChI=1S/C23H26N9O10P2/c1-37-16-12-6-39-44(36)41-15-9(4-11(14(15)33)31-3-2-10-18(24)26-7-27-19(10)31)5-38-43(35)42-17(16)22(40-12)32-8-28-13-20(32)29-23(25)30-21(13)34/h2-3,7-9,11-12,14-17,22,33H,4-6H2,1H3,(H4-,24,25,26,27,29,30,34)/q+1/p+1/t9-,11-,12-,14+,15-,16-,17-,22-/m1/s1. The molecule has 6 heterocycles. The number of aliphatic hydroxyl groups excluding tert-OH is 1. The third-order valence-corrected chi connectivity index (χ3v) is 9.62. The van der Waals surface area contributed by atoms with E-state index in [4.69, 9.17) is 39.0 Å². The highest BCUT2D eigenvalue weighted by atomic mass is 31.1. The molecule has 0 amide bonds. The van der Waals surface area contributed by atoms with Crippen molar-refractivity contribution in [2.24, 2.45) is 5.92 Å². The van der Waals surface area contributed by atoms with Gasteiger partial charge in [-0.2, -0.15) is 4.98 Å². The molecule has 2 aliphatic heterocycles. The predicted octanol–water partition coefficient (Wildman–Crippen LogP) is 0.695. The van der Waals surface area contributed by atoms with Crippen LogP contribution in [0.15, 0.2) is 29.7 Å². The van der Waals surface area contributed by atoms with Crippen molar-refractivity contribution in [2.75, 3.05) is 31.8 Å². The van der Waals surface area contributed by atoms with Gasteiger partial charge in [0.2, 0.25) is 5.95 Å². The molecule has 21 heteroatoms. The van der Waals surface area contributed by atoms with E-state index < -0.39 is 70.8 Å². The Kier molecular flexibility index (Phi) is 7.60. The van der Waals surface area contributed by atoms with E-state index in [0.29, 0.717) is 11.0 Å². The zero-order chi connectivity index (χ0) is 30.7. The van der Waals surface area contributed by atoms with Gasteiger partial charge in [-0.1, -0.05) is 0 Å². The van der Waals surface area contributed by atoms with Crippen LogP contribution in [0.3, 0.4) is 0 Å². The minimum absolute atomic E-state index is 0.00764. The quantitative estimate of drug-likeness (QED) is 0.222. The number of fused-ring (bicyclic) bond motifs is 5. The van der Waals surface area contributed by atoms with Crippen LogP contribution in [0.4, 0.5) is 11.8 Å². The van der Waals surface area contributed by atoms with Gasteiger partial charge in [-0.25, -0.2) is 15.0 Å². The molecule has 10 atom stereocenters. The number of nitrogens with zero attached hydrogens (tertiary/aromatic N) is 6. The van der Waals surface area contributed by atoms with Gasteiger partial charge in [0.1, 0.15) is 55.4 Å². The molecule has 0 spiro atoms. The Morgan fingerprint density at radius 2 is 1.84 bits per heavy atom. The van der Waals surface area contributed by atoms with Gasteiger partial charge < -0.3 is 30.6 Å². The molecule has 4 aromatic heterocycles. The van der Waals surface area contributed by atoms with Crippen LogP contribution in [-0.2, 0) is 36.7 Å². The number of aromatic nitrogens is 7. The Labute approximate surface area is 248 Å². The zero-order valence-electron chi connectivity index (χ0n) is 22.9. The second kappa shape index (κ2) is 11.4. The number of anilines is 2. The van der Waals surface area contributed by atoms with E-state index in [0.717, 1.165) is 0 Å². The average Bonchev–Trinajstić information content (AvgIpc) is 3.75. The summed E-state index contributed by atoms with van der Waals surface area (Å²) in [6, 6.07) is 1.16. The number of nitrogens with two attached hydrogens (primary N) is 2. The summed E-state index contributed by atoms with van der Waals surface area (Å²) in [5, 5.41) is 11.9. The summed E-state index contributed by atoms with van der Waals surface area (Å²) in [7, 11) is -4.18. The summed E-state index contributed by atoms with van der Waals surface area (Å²) in [6.45, 7) is -0.479. The summed E-state index contributed by atoms with van der Waals surface area (Å²) in [5.41, 5.74) is 11.7. The molecule has 1 saturated carbocycles. The van der Waals surface area contributed by atoms with Crippen LogP contribution in [0, 0.1) is 5.92 Å². The molecule has 0 aromatic carbocycles. The van der Waals surface area contributed by atoms with Gasteiger partial charge in [-0.15, -0.1) is 18.1 Å². The highest BCUT2D eigenvalue weighted by Gasteiger charge is 2.56. The predicted molar refractivity (Wildman–Crippen MR) is 149 cm³/mol. The molecule has 1 aliphatic carbocycles. The number of imidazole rings is 1. The largest absolute Gasteiger partial charge is 0.697 e.